The number of aromatic nitrogens is 2. The first-order valence-corrected chi connectivity index (χ1v) is 13.2. The van der Waals surface area contributed by atoms with Gasteiger partial charge in [0.1, 0.15) is 0 Å². The summed E-state index contributed by atoms with van der Waals surface area (Å²) in [5.74, 6) is 0.0251. The van der Waals surface area contributed by atoms with Crippen molar-refractivity contribution in [2.75, 3.05) is 0 Å². The van der Waals surface area contributed by atoms with Crippen molar-refractivity contribution in [2.45, 2.75) is 71.4 Å². The van der Waals surface area contributed by atoms with Crippen molar-refractivity contribution in [3.05, 3.63) is 89.1 Å². The fourth-order valence-electron chi connectivity index (χ4n) is 5.29. The summed E-state index contributed by atoms with van der Waals surface area (Å²) in [6.45, 7) is 9.49. The van der Waals surface area contributed by atoms with Crippen molar-refractivity contribution in [1.29, 1.82) is 0 Å². The number of nitrogens with one attached hydrogen (secondary N) is 1. The van der Waals surface area contributed by atoms with Gasteiger partial charge < -0.3 is 5.32 Å². The normalized spacial score (nSPS) is 13.6. The van der Waals surface area contributed by atoms with E-state index in [9.17, 15) is 4.79 Å². The number of fused-ring (bicyclic) bond motifs is 1. The third-order valence-electron chi connectivity index (χ3n) is 7.22. The lowest BCUT2D eigenvalue weighted by Crippen LogP contribution is -2.32. The number of carbonyl (C=O) groups is 1. The summed E-state index contributed by atoms with van der Waals surface area (Å²) < 4.78 is 2.04. The minimum Gasteiger partial charge on any atom is -0.349 e. The van der Waals surface area contributed by atoms with E-state index in [0.29, 0.717) is 18.2 Å². The van der Waals surface area contributed by atoms with Crippen LogP contribution in [0.3, 0.4) is 0 Å². The van der Waals surface area contributed by atoms with Crippen LogP contribution in [0.25, 0.3) is 22.0 Å². The molecule has 0 radical (unpaired) electrons. The zero-order valence-corrected chi connectivity index (χ0v) is 22.6. The van der Waals surface area contributed by atoms with Gasteiger partial charge in [-0.05, 0) is 65.6 Å². The summed E-state index contributed by atoms with van der Waals surface area (Å²) >= 11 is 0. The summed E-state index contributed by atoms with van der Waals surface area (Å²) in [5.41, 5.74) is 7.90. The Morgan fingerprint density at radius 3 is 2.32 bits per heavy atom. The second-order valence-electron chi connectivity index (χ2n) is 11.0. The van der Waals surface area contributed by atoms with Crippen LogP contribution in [0, 0.1) is 6.92 Å². The van der Waals surface area contributed by atoms with Gasteiger partial charge in [-0.2, -0.15) is 14.7 Å². The number of nitrogens with zero attached hydrogens (tertiary/aromatic N) is 2. The highest BCUT2D eigenvalue weighted by Gasteiger charge is 2.20. The molecule has 0 unspecified atom stereocenters. The molecule has 4 aromatic rings. The third kappa shape index (κ3) is 6.09. The SMILES string of the molecule is Cc1nn(Cc2ccc(-c3ccccc3C(C)(C)C)cc2)c2ccc(C(=O)NC3CCCC3)cc12.O=C=O. The van der Waals surface area contributed by atoms with Gasteiger partial charge in [0.15, 0.2) is 0 Å². The van der Waals surface area contributed by atoms with Crippen molar-refractivity contribution in [3.63, 3.8) is 0 Å². The maximum atomic E-state index is 12.7. The lowest BCUT2D eigenvalue weighted by atomic mass is 9.82. The molecule has 0 spiro atoms. The van der Waals surface area contributed by atoms with Gasteiger partial charge in [0.25, 0.3) is 5.91 Å². The maximum Gasteiger partial charge on any atom is 0.373 e. The average molecular weight is 510 g/mol. The number of amides is 1. The van der Waals surface area contributed by atoms with Gasteiger partial charge in [0.05, 0.1) is 17.8 Å². The predicted molar refractivity (Wildman–Crippen MR) is 149 cm³/mol. The first-order valence-electron chi connectivity index (χ1n) is 13.2. The van der Waals surface area contributed by atoms with Crippen molar-refractivity contribution >= 4 is 23.0 Å². The highest BCUT2D eigenvalue weighted by Crippen LogP contribution is 2.33. The van der Waals surface area contributed by atoms with Gasteiger partial charge in [-0.25, -0.2) is 0 Å². The Morgan fingerprint density at radius 1 is 1.00 bits per heavy atom. The molecule has 38 heavy (non-hydrogen) atoms. The summed E-state index contributed by atoms with van der Waals surface area (Å²) in [5, 5.41) is 9.03. The minimum absolute atomic E-state index is 0.0251. The molecule has 3 aromatic carbocycles. The number of hydrogen-bond donors (Lipinski definition) is 1. The van der Waals surface area contributed by atoms with E-state index in [0.717, 1.165) is 29.4 Å². The van der Waals surface area contributed by atoms with Crippen LogP contribution >= 0.6 is 0 Å². The topological polar surface area (TPSA) is 81.1 Å². The molecular formula is C32H35N3O3. The molecule has 0 atom stereocenters. The van der Waals surface area contributed by atoms with E-state index in [2.05, 4.69) is 74.6 Å². The monoisotopic (exact) mass is 509 g/mol. The molecule has 1 aliphatic rings. The highest BCUT2D eigenvalue weighted by molar-refractivity contribution is 5.98. The van der Waals surface area contributed by atoms with Gasteiger partial charge in [-0.1, -0.05) is 82.1 Å². The molecule has 5 rings (SSSR count). The lowest BCUT2D eigenvalue weighted by molar-refractivity contribution is -0.191. The Kier molecular flexibility index (Phi) is 8.23. The molecule has 1 fully saturated rings. The molecule has 196 valence electrons. The molecule has 1 aliphatic carbocycles. The number of rotatable bonds is 5. The molecule has 0 aliphatic heterocycles. The van der Waals surface area contributed by atoms with Crippen molar-refractivity contribution in [2.24, 2.45) is 0 Å². The van der Waals surface area contributed by atoms with Gasteiger partial charge in [-0.15, -0.1) is 0 Å². The van der Waals surface area contributed by atoms with Crippen LogP contribution < -0.4 is 5.32 Å². The smallest absolute Gasteiger partial charge is 0.349 e. The zero-order chi connectivity index (χ0) is 27.3. The first-order chi connectivity index (χ1) is 18.2. The van der Waals surface area contributed by atoms with E-state index in [1.165, 1.54) is 35.1 Å². The van der Waals surface area contributed by atoms with E-state index in [-0.39, 0.29) is 17.5 Å². The second kappa shape index (κ2) is 11.6. The number of hydrogen-bond acceptors (Lipinski definition) is 4. The largest absolute Gasteiger partial charge is 0.373 e. The molecule has 1 N–H and O–H groups in total. The minimum atomic E-state index is 0.0251. The van der Waals surface area contributed by atoms with Crippen molar-refractivity contribution in [1.82, 2.24) is 15.1 Å². The van der Waals surface area contributed by atoms with Crippen LogP contribution in [-0.4, -0.2) is 27.9 Å². The van der Waals surface area contributed by atoms with Gasteiger partial charge >= 0.3 is 6.15 Å². The number of carbonyl (C=O) groups excluding carboxylic acids is 3. The second-order valence-corrected chi connectivity index (χ2v) is 11.0. The standard InChI is InChI=1S/C31H35N3O.CO2/c1-21-27-19-24(30(35)32-25-9-5-6-10-25)17-18-29(27)34(33-21)20-22-13-15-23(16-14-22)26-11-7-8-12-28(26)31(2,3)4;2-1-3/h7-8,11-19,25H,5-6,9-10,20H2,1-4H3,(H,32,35);. The van der Waals surface area contributed by atoms with Crippen molar-refractivity contribution in [3.8, 4) is 11.1 Å². The van der Waals surface area contributed by atoms with Gasteiger partial charge in [0, 0.05) is 17.0 Å². The Bertz CT molecular complexity index is 1450. The Hall–Kier alpha value is -4.02. The fourth-order valence-corrected chi connectivity index (χ4v) is 5.29. The summed E-state index contributed by atoms with van der Waals surface area (Å²) in [7, 11) is 0. The average Bonchev–Trinajstić information content (AvgIpc) is 3.52. The number of aryl methyl sites for hydroxylation is 1. The summed E-state index contributed by atoms with van der Waals surface area (Å²) in [6, 6.07) is 23.8. The van der Waals surface area contributed by atoms with E-state index >= 15 is 0 Å². The first kappa shape index (κ1) is 27.0. The van der Waals surface area contributed by atoms with E-state index in [1.54, 1.807) is 0 Å². The third-order valence-corrected chi connectivity index (χ3v) is 7.22. The predicted octanol–water partition coefficient (Wildman–Crippen LogP) is 6.45. The van der Waals surface area contributed by atoms with E-state index in [4.69, 9.17) is 14.7 Å². The molecule has 0 bridgehead atoms. The van der Waals surface area contributed by atoms with Gasteiger partial charge in [-0.3, -0.25) is 9.48 Å². The quantitative estimate of drug-likeness (QED) is 0.335. The molecular weight excluding hydrogens is 474 g/mol. The Morgan fingerprint density at radius 2 is 1.66 bits per heavy atom. The number of benzene rings is 3. The van der Waals surface area contributed by atoms with Crippen LogP contribution in [0.4, 0.5) is 0 Å². The van der Waals surface area contributed by atoms with Crippen LogP contribution in [0.2, 0.25) is 0 Å². The van der Waals surface area contributed by atoms with Crippen LogP contribution in [-0.2, 0) is 21.5 Å². The molecule has 6 heteroatoms. The Balaban J connectivity index is 0.00000107. The van der Waals surface area contributed by atoms with Crippen LogP contribution in [0.15, 0.2) is 66.7 Å². The van der Waals surface area contributed by atoms with Crippen LogP contribution in [0.5, 0.6) is 0 Å². The molecule has 6 nitrogen and oxygen atoms in total. The van der Waals surface area contributed by atoms with Crippen LogP contribution in [0.1, 0.15) is 73.6 Å². The molecule has 1 amide bonds. The zero-order valence-electron chi connectivity index (χ0n) is 22.6. The van der Waals surface area contributed by atoms with E-state index in [1.807, 2.05) is 29.8 Å². The lowest BCUT2D eigenvalue weighted by Gasteiger charge is -2.23. The molecule has 0 saturated heterocycles. The molecule has 1 heterocycles. The van der Waals surface area contributed by atoms with E-state index < -0.39 is 0 Å². The molecule has 1 aromatic heterocycles. The summed E-state index contributed by atoms with van der Waals surface area (Å²) in [4.78, 5) is 29.0. The maximum absolute atomic E-state index is 12.7. The Labute approximate surface area is 224 Å². The van der Waals surface area contributed by atoms with Crippen molar-refractivity contribution < 1.29 is 14.4 Å². The highest BCUT2D eigenvalue weighted by atomic mass is 16.2. The fraction of sp³-hybridized carbons (Fsp3) is 0.344. The summed E-state index contributed by atoms with van der Waals surface area (Å²) in [6.07, 6.45) is 4.84. The van der Waals surface area contributed by atoms with Gasteiger partial charge in [0.2, 0.25) is 0 Å². The molecule has 1 saturated carbocycles.